The van der Waals surface area contributed by atoms with Gasteiger partial charge >= 0.3 is 23.9 Å². The molecule has 0 aromatic rings. The van der Waals surface area contributed by atoms with Crippen LogP contribution < -0.4 is 0 Å². The van der Waals surface area contributed by atoms with E-state index in [-0.39, 0.29) is 6.00 Å². The standard InChI is InChI=1S/C5H14BO11P3/c6-5-1-3(7)4(15-5)2-14-19(10,11)17-20(12,13)16-18(8)9/h3-5,7,18H,1-2,6H2,(H,8,9)(H,10,11)(H,12,13). The van der Waals surface area contributed by atoms with Crippen LogP contribution in [-0.2, 0) is 31.6 Å². The SMILES string of the molecule is BC1CC(O)C(COP(=O)(O)OP(=O)(O)O[PH](=O)O)O1. The molecule has 6 unspecified atom stereocenters. The summed E-state index contributed by atoms with van der Waals surface area (Å²) in [6, 6.07) is -0.273. The summed E-state index contributed by atoms with van der Waals surface area (Å²) in [6.07, 6.45) is -1.51. The van der Waals surface area contributed by atoms with E-state index in [4.69, 9.17) is 19.4 Å². The average molecular weight is 354 g/mol. The van der Waals surface area contributed by atoms with Crippen LogP contribution in [0.2, 0.25) is 0 Å². The third kappa shape index (κ3) is 6.47. The number of phosphoric ester groups is 1. The van der Waals surface area contributed by atoms with E-state index >= 15 is 0 Å². The summed E-state index contributed by atoms with van der Waals surface area (Å²) in [4.78, 5) is 26.4. The van der Waals surface area contributed by atoms with Crippen LogP contribution in [0.15, 0.2) is 0 Å². The Labute approximate surface area is 115 Å². The van der Waals surface area contributed by atoms with Crippen LogP contribution in [0.1, 0.15) is 6.42 Å². The van der Waals surface area contributed by atoms with Crippen molar-refractivity contribution in [2.75, 3.05) is 6.61 Å². The lowest BCUT2D eigenvalue weighted by Gasteiger charge is -2.18. The summed E-state index contributed by atoms with van der Waals surface area (Å²) >= 11 is 0. The minimum atomic E-state index is -5.22. The van der Waals surface area contributed by atoms with Crippen molar-refractivity contribution in [3.63, 3.8) is 0 Å². The van der Waals surface area contributed by atoms with Crippen molar-refractivity contribution < 1.29 is 51.4 Å². The van der Waals surface area contributed by atoms with Gasteiger partial charge in [0.2, 0.25) is 0 Å². The first kappa shape index (κ1) is 18.5. The fourth-order valence-electron chi connectivity index (χ4n) is 1.52. The molecule has 0 aromatic heterocycles. The van der Waals surface area contributed by atoms with Gasteiger partial charge in [-0.05, 0) is 6.42 Å². The van der Waals surface area contributed by atoms with Gasteiger partial charge in [-0.3, -0.25) is 9.09 Å². The predicted octanol–water partition coefficient (Wildman–Crippen LogP) is -1.27. The molecular weight excluding hydrogens is 340 g/mol. The predicted molar refractivity (Wildman–Crippen MR) is 66.8 cm³/mol. The first-order chi connectivity index (χ1) is 9.01. The van der Waals surface area contributed by atoms with Crippen molar-refractivity contribution in [1.29, 1.82) is 0 Å². The smallest absolute Gasteiger partial charge is 0.390 e. The molecule has 0 amide bonds. The molecule has 4 N–H and O–H groups in total. The topological polar surface area (TPSA) is 169 Å². The highest BCUT2D eigenvalue weighted by atomic mass is 31.3. The van der Waals surface area contributed by atoms with E-state index in [1.54, 1.807) is 7.85 Å². The first-order valence-electron chi connectivity index (χ1n) is 5.28. The lowest BCUT2D eigenvalue weighted by molar-refractivity contribution is -0.00413. The van der Waals surface area contributed by atoms with Crippen LogP contribution in [0.25, 0.3) is 0 Å². The highest BCUT2D eigenvalue weighted by molar-refractivity contribution is 7.64. The van der Waals surface area contributed by atoms with Gasteiger partial charge in [0, 0.05) is 6.00 Å². The minimum absolute atomic E-state index is 0.273. The zero-order valence-corrected chi connectivity index (χ0v) is 13.0. The van der Waals surface area contributed by atoms with Crippen molar-refractivity contribution in [2.24, 2.45) is 0 Å². The van der Waals surface area contributed by atoms with Crippen molar-refractivity contribution >= 4 is 31.7 Å². The maximum atomic E-state index is 11.3. The molecule has 118 valence electrons. The molecule has 0 radical (unpaired) electrons. The Morgan fingerprint density at radius 1 is 1.35 bits per heavy atom. The Morgan fingerprint density at radius 3 is 2.40 bits per heavy atom. The van der Waals surface area contributed by atoms with Gasteiger partial charge in [0.1, 0.15) is 14.0 Å². The van der Waals surface area contributed by atoms with Gasteiger partial charge < -0.3 is 24.5 Å². The van der Waals surface area contributed by atoms with E-state index in [0.29, 0.717) is 6.42 Å². The number of aliphatic hydroxyl groups is 1. The van der Waals surface area contributed by atoms with Gasteiger partial charge in [-0.25, -0.2) is 13.4 Å². The fourth-order valence-corrected chi connectivity index (χ4v) is 4.31. The lowest BCUT2D eigenvalue weighted by Crippen LogP contribution is -2.26. The van der Waals surface area contributed by atoms with Gasteiger partial charge in [0.15, 0.2) is 0 Å². The van der Waals surface area contributed by atoms with Crippen molar-refractivity contribution in [1.82, 2.24) is 0 Å². The summed E-state index contributed by atoms with van der Waals surface area (Å²) in [7, 11) is -12.4. The van der Waals surface area contributed by atoms with Gasteiger partial charge in [-0.2, -0.15) is 4.31 Å². The largest absolute Gasteiger partial charge is 0.488 e. The molecule has 0 saturated carbocycles. The number of hydrogen-bond acceptors (Lipinski definition) is 8. The molecule has 0 aromatic carbocycles. The molecule has 1 heterocycles. The van der Waals surface area contributed by atoms with Gasteiger partial charge in [0.05, 0.1) is 12.7 Å². The van der Waals surface area contributed by atoms with E-state index in [0.717, 1.165) is 0 Å². The monoisotopic (exact) mass is 354 g/mol. The van der Waals surface area contributed by atoms with Crippen LogP contribution in [0.3, 0.4) is 0 Å². The molecular formula is C5H14BO11P3. The quantitative estimate of drug-likeness (QED) is 0.317. The van der Waals surface area contributed by atoms with Crippen LogP contribution >= 0.6 is 23.9 Å². The van der Waals surface area contributed by atoms with E-state index in [9.17, 15) is 18.8 Å². The Bertz CT molecular complexity index is 455. The van der Waals surface area contributed by atoms with Crippen LogP contribution in [-0.4, -0.2) is 52.5 Å². The van der Waals surface area contributed by atoms with Crippen molar-refractivity contribution in [3.05, 3.63) is 0 Å². The first-order valence-corrected chi connectivity index (χ1v) is 9.54. The second-order valence-electron chi connectivity index (χ2n) is 3.96. The van der Waals surface area contributed by atoms with Gasteiger partial charge in [0.25, 0.3) is 0 Å². The molecule has 20 heavy (non-hydrogen) atoms. The highest BCUT2D eigenvalue weighted by Gasteiger charge is 2.39. The zero-order valence-electron chi connectivity index (χ0n) is 10.2. The van der Waals surface area contributed by atoms with E-state index in [2.05, 4.69) is 13.1 Å². The van der Waals surface area contributed by atoms with Crippen molar-refractivity contribution in [3.8, 4) is 0 Å². The Kier molecular flexibility index (Phi) is 6.59. The second-order valence-corrected chi connectivity index (χ2v) is 8.01. The molecule has 0 bridgehead atoms. The minimum Gasteiger partial charge on any atom is -0.390 e. The van der Waals surface area contributed by atoms with Crippen LogP contribution in [0.5, 0.6) is 0 Å². The van der Waals surface area contributed by atoms with Crippen LogP contribution in [0.4, 0.5) is 0 Å². The molecule has 11 nitrogen and oxygen atoms in total. The number of phosphoric acid groups is 2. The molecule has 6 atom stereocenters. The molecule has 0 spiro atoms. The molecule has 1 rings (SSSR count). The average Bonchev–Trinajstić information content (AvgIpc) is 2.50. The Morgan fingerprint density at radius 2 is 1.95 bits per heavy atom. The zero-order chi connectivity index (χ0) is 15.6. The molecule has 1 aliphatic rings. The maximum Gasteiger partial charge on any atom is 0.488 e. The summed E-state index contributed by atoms with van der Waals surface area (Å²) < 4.78 is 49.5. The van der Waals surface area contributed by atoms with E-state index < -0.39 is 42.7 Å². The van der Waals surface area contributed by atoms with E-state index in [1.165, 1.54) is 0 Å². The summed E-state index contributed by atoms with van der Waals surface area (Å²) in [5.74, 6) is 0. The summed E-state index contributed by atoms with van der Waals surface area (Å²) in [6.45, 7) is -0.576. The van der Waals surface area contributed by atoms with Gasteiger partial charge in [-0.15, -0.1) is 0 Å². The number of ether oxygens (including phenoxy) is 1. The van der Waals surface area contributed by atoms with E-state index in [1.807, 2.05) is 0 Å². The normalized spacial score (nSPS) is 34.3. The third-order valence-corrected chi connectivity index (χ3v) is 5.89. The number of aliphatic hydroxyl groups excluding tert-OH is 1. The molecule has 1 saturated heterocycles. The fraction of sp³-hybridized carbons (Fsp3) is 1.00. The second kappa shape index (κ2) is 7.13. The van der Waals surface area contributed by atoms with Gasteiger partial charge in [-0.1, -0.05) is 0 Å². The molecule has 0 aliphatic carbocycles. The summed E-state index contributed by atoms with van der Waals surface area (Å²) in [5, 5.41) is 9.49. The maximum absolute atomic E-state index is 11.3. The molecule has 15 heteroatoms. The Hall–Kier alpha value is 0.435. The van der Waals surface area contributed by atoms with Crippen molar-refractivity contribution in [2.45, 2.75) is 24.6 Å². The number of hydrogen-bond donors (Lipinski definition) is 4. The van der Waals surface area contributed by atoms with Crippen LogP contribution in [0, 0.1) is 0 Å². The lowest BCUT2D eigenvalue weighted by atomic mass is 9.96. The molecule has 1 aliphatic heterocycles. The third-order valence-electron chi connectivity index (χ3n) is 2.21. The number of rotatable bonds is 7. The highest BCUT2D eigenvalue weighted by Crippen LogP contribution is 2.63. The summed E-state index contributed by atoms with van der Waals surface area (Å²) in [5.41, 5.74) is 0. The Balaban J connectivity index is 2.51. The molecule has 1 fully saturated rings.